The lowest BCUT2D eigenvalue weighted by Gasteiger charge is -2.08. The summed E-state index contributed by atoms with van der Waals surface area (Å²) in [5, 5.41) is 3.55. The summed E-state index contributed by atoms with van der Waals surface area (Å²) in [7, 11) is 0. The van der Waals surface area contributed by atoms with Gasteiger partial charge in [0.25, 0.3) is 0 Å². The molecule has 2 rings (SSSR count). The molecule has 0 aliphatic carbocycles. The van der Waals surface area contributed by atoms with Gasteiger partial charge in [-0.25, -0.2) is 4.99 Å². The Morgan fingerprint density at radius 1 is 0.667 bits per heavy atom. The van der Waals surface area contributed by atoms with Gasteiger partial charge in [-0.1, -0.05) is 51.6 Å². The highest BCUT2D eigenvalue weighted by molar-refractivity contribution is 6.56. The molecule has 0 bridgehead atoms. The highest BCUT2D eigenvalue weighted by atomic mass is 35.5. The molecule has 160 valence electrons. The van der Waals surface area contributed by atoms with Crippen LogP contribution in [0.25, 0.3) is 0 Å². The van der Waals surface area contributed by atoms with E-state index in [-0.39, 0.29) is 28.8 Å². The van der Waals surface area contributed by atoms with E-state index in [9.17, 15) is 0 Å². The molecule has 0 aliphatic heterocycles. The van der Waals surface area contributed by atoms with Crippen LogP contribution in [0.15, 0.2) is 74.8 Å². The van der Waals surface area contributed by atoms with E-state index in [1.165, 1.54) is 12.3 Å². The number of nitrogens with zero attached hydrogens (tertiary/aromatic N) is 1. The quantitative estimate of drug-likeness (QED) is 0.141. The van der Waals surface area contributed by atoms with Crippen molar-refractivity contribution in [1.82, 2.24) is 0 Å². The maximum absolute atomic E-state index is 5.78. The Kier molecular flexibility index (Phi) is 11.3. The van der Waals surface area contributed by atoms with Crippen LogP contribution in [0.5, 0.6) is 23.0 Å². The molecule has 0 N–H and O–H groups in total. The van der Waals surface area contributed by atoms with Gasteiger partial charge in [-0.2, -0.15) is 4.89 Å². The minimum Gasteiger partial charge on any atom is -0.489 e. The molecule has 0 radical (unpaired) electrons. The van der Waals surface area contributed by atoms with E-state index < -0.39 is 0 Å². The number of halogens is 4. The minimum absolute atomic E-state index is 0.0813. The molecule has 2 aromatic rings. The van der Waals surface area contributed by atoms with Crippen LogP contribution in [-0.2, 0) is 9.88 Å². The zero-order valence-corrected chi connectivity index (χ0v) is 18.5. The second-order valence-corrected chi connectivity index (χ2v) is 7.32. The summed E-state index contributed by atoms with van der Waals surface area (Å²) in [5.41, 5.74) is 0. The predicted octanol–water partition coefficient (Wildman–Crippen LogP) is 6.81. The fourth-order valence-corrected chi connectivity index (χ4v) is 2.15. The van der Waals surface area contributed by atoms with E-state index in [0.717, 1.165) is 0 Å². The van der Waals surface area contributed by atoms with Crippen LogP contribution in [0, 0.1) is 0 Å². The van der Waals surface area contributed by atoms with Crippen molar-refractivity contribution >= 4 is 52.6 Å². The van der Waals surface area contributed by atoms with E-state index in [4.69, 9.17) is 60.6 Å². The molecule has 0 saturated heterocycles. The predicted molar refractivity (Wildman–Crippen MR) is 119 cm³/mol. The number of ether oxygens (including phenoxy) is 3. The maximum Gasteiger partial charge on any atom is 0.127 e. The van der Waals surface area contributed by atoms with Crippen LogP contribution in [-0.4, -0.2) is 26.0 Å². The van der Waals surface area contributed by atoms with Crippen molar-refractivity contribution in [3.8, 4) is 23.0 Å². The second-order valence-electron chi connectivity index (χ2n) is 5.30. The Bertz CT molecular complexity index is 847. The van der Waals surface area contributed by atoms with E-state index >= 15 is 0 Å². The molecular formula is C20H17Cl4NO5. The minimum atomic E-state index is 0.0813. The Morgan fingerprint density at radius 3 is 1.67 bits per heavy atom. The number of rotatable bonds is 12. The Balaban J connectivity index is 1.71. The molecule has 0 fully saturated rings. The van der Waals surface area contributed by atoms with Gasteiger partial charge in [0.05, 0.1) is 6.21 Å². The van der Waals surface area contributed by atoms with Crippen LogP contribution in [0.1, 0.15) is 0 Å². The highest BCUT2D eigenvalue weighted by Crippen LogP contribution is 2.25. The monoisotopic (exact) mass is 491 g/mol. The van der Waals surface area contributed by atoms with Crippen LogP contribution in [0.2, 0.25) is 0 Å². The number of oxime groups is 1. The lowest BCUT2D eigenvalue weighted by atomic mass is 10.3. The lowest BCUT2D eigenvalue weighted by Crippen LogP contribution is -1.99. The molecule has 0 atom stereocenters. The van der Waals surface area contributed by atoms with Crippen LogP contribution < -0.4 is 14.2 Å². The Labute approximate surface area is 194 Å². The number of hydrogen-bond acceptors (Lipinski definition) is 6. The van der Waals surface area contributed by atoms with E-state index in [1.54, 1.807) is 54.6 Å². The summed E-state index contributed by atoms with van der Waals surface area (Å²) in [6, 6.07) is 14.3. The Morgan fingerprint density at radius 2 is 1.13 bits per heavy atom. The molecule has 6 nitrogen and oxygen atoms in total. The maximum atomic E-state index is 5.78. The molecule has 0 saturated carbocycles. The van der Waals surface area contributed by atoms with E-state index in [2.05, 4.69) is 15.0 Å². The first-order valence-electron chi connectivity index (χ1n) is 8.49. The average Bonchev–Trinajstić information content (AvgIpc) is 2.72. The van der Waals surface area contributed by atoms with Crippen molar-refractivity contribution in [1.29, 1.82) is 0 Å². The third-order valence-corrected chi connectivity index (χ3v) is 3.79. The summed E-state index contributed by atoms with van der Waals surface area (Å²) < 4.78 is 17.0. The van der Waals surface area contributed by atoms with Gasteiger partial charge < -0.3 is 14.2 Å². The lowest BCUT2D eigenvalue weighted by molar-refractivity contribution is -0.287. The van der Waals surface area contributed by atoms with Crippen molar-refractivity contribution in [2.75, 3.05) is 19.8 Å². The van der Waals surface area contributed by atoms with Crippen molar-refractivity contribution in [3.05, 3.63) is 69.7 Å². The first-order valence-corrected chi connectivity index (χ1v) is 10.0. The van der Waals surface area contributed by atoms with Gasteiger partial charge in [-0.15, -0.1) is 0 Å². The fraction of sp³-hybridized carbons (Fsp3) is 0.150. The van der Waals surface area contributed by atoms with Gasteiger partial charge in [-0.05, 0) is 60.7 Å². The largest absolute Gasteiger partial charge is 0.489 e. The van der Waals surface area contributed by atoms with Crippen molar-refractivity contribution in [2.45, 2.75) is 0 Å². The van der Waals surface area contributed by atoms with Crippen LogP contribution >= 0.6 is 46.4 Å². The number of hydrogen-bond donors (Lipinski definition) is 0. The van der Waals surface area contributed by atoms with Gasteiger partial charge in [-0.3, -0.25) is 0 Å². The smallest absolute Gasteiger partial charge is 0.127 e. The molecule has 0 spiro atoms. The third kappa shape index (κ3) is 10.6. The average molecular weight is 493 g/mol. The van der Waals surface area contributed by atoms with E-state index in [0.29, 0.717) is 23.0 Å². The number of benzene rings is 2. The molecule has 30 heavy (non-hydrogen) atoms. The first kappa shape index (κ1) is 24.2. The normalized spacial score (nSPS) is 10.4. The van der Waals surface area contributed by atoms with Crippen LogP contribution in [0.4, 0.5) is 0 Å². The topological polar surface area (TPSA) is 58.5 Å². The zero-order chi connectivity index (χ0) is 21.6. The molecular weight excluding hydrogens is 476 g/mol. The summed E-state index contributed by atoms with van der Waals surface area (Å²) in [4.78, 5) is 9.20. The molecule has 0 heterocycles. The first-order chi connectivity index (χ1) is 14.5. The van der Waals surface area contributed by atoms with Gasteiger partial charge in [0.2, 0.25) is 0 Å². The molecule has 0 aromatic heterocycles. The van der Waals surface area contributed by atoms with Crippen LogP contribution in [0.3, 0.4) is 0 Å². The van der Waals surface area contributed by atoms with Crippen molar-refractivity contribution in [2.24, 2.45) is 5.16 Å². The fourth-order valence-electron chi connectivity index (χ4n) is 1.90. The standard InChI is InChI=1S/C20H17Cl4NO5/c21-19(22)9-12-26-15-1-5-17(6-2-15)29-18-7-3-16(4-8-18)27-14-11-25-30-28-13-10-20(23)24/h1-11H,12-14H2. The SMILES string of the molecule is ClC(Cl)=CCOON=CCOc1ccc(Oc2ccc(OCC=C(Cl)Cl)cc2)cc1. The molecule has 0 amide bonds. The summed E-state index contributed by atoms with van der Waals surface area (Å²) in [5.74, 6) is 2.63. The van der Waals surface area contributed by atoms with Gasteiger partial charge >= 0.3 is 0 Å². The van der Waals surface area contributed by atoms with Gasteiger partial charge in [0, 0.05) is 0 Å². The van der Waals surface area contributed by atoms with Gasteiger partial charge in [0.15, 0.2) is 0 Å². The second kappa shape index (κ2) is 14.0. The zero-order valence-electron chi connectivity index (χ0n) is 15.5. The molecule has 0 aliphatic rings. The molecule has 0 unspecified atom stereocenters. The van der Waals surface area contributed by atoms with Crippen molar-refractivity contribution in [3.63, 3.8) is 0 Å². The summed E-state index contributed by atoms with van der Waals surface area (Å²) in [6.07, 6.45) is 4.37. The Hall–Kier alpha value is -2.09. The van der Waals surface area contributed by atoms with Crippen molar-refractivity contribution < 1.29 is 24.1 Å². The summed E-state index contributed by atoms with van der Waals surface area (Å²) in [6.45, 7) is 0.563. The summed E-state index contributed by atoms with van der Waals surface area (Å²) >= 11 is 21.9. The molecule has 10 heteroatoms. The molecule has 2 aromatic carbocycles. The highest BCUT2D eigenvalue weighted by Gasteiger charge is 2.00. The van der Waals surface area contributed by atoms with Gasteiger partial charge in [0.1, 0.15) is 51.8 Å². The van der Waals surface area contributed by atoms with E-state index in [1.807, 2.05) is 0 Å². The third-order valence-electron chi connectivity index (χ3n) is 3.17.